The van der Waals surface area contributed by atoms with E-state index in [0.717, 1.165) is 26.1 Å². The first-order chi connectivity index (χ1) is 9.88. The van der Waals surface area contributed by atoms with Crippen LogP contribution in [0.4, 0.5) is 0 Å². The fraction of sp³-hybridized carbons (Fsp3) is 0.333. The molecule has 2 aromatic carbocycles. The monoisotopic (exact) mass is 265 g/mol. The van der Waals surface area contributed by atoms with Crippen molar-refractivity contribution >= 4 is 0 Å². The maximum Gasteiger partial charge on any atom is 0.0991 e. The molecular weight excluding hydrogens is 246 g/mol. The molecule has 1 atom stereocenters. The summed E-state index contributed by atoms with van der Waals surface area (Å²) >= 11 is 0. The smallest absolute Gasteiger partial charge is 0.0991 e. The highest BCUT2D eigenvalue weighted by molar-refractivity contribution is 5.75. The molecule has 0 saturated heterocycles. The molecule has 0 aromatic heterocycles. The Hall–Kier alpha value is -1.64. The zero-order valence-corrected chi connectivity index (χ0v) is 11.8. The van der Waals surface area contributed by atoms with Crippen LogP contribution in [0.3, 0.4) is 0 Å². The van der Waals surface area contributed by atoms with E-state index in [1.807, 2.05) is 0 Å². The van der Waals surface area contributed by atoms with Gasteiger partial charge >= 0.3 is 0 Å². The van der Waals surface area contributed by atoms with Crippen molar-refractivity contribution in [1.29, 1.82) is 0 Å². The van der Waals surface area contributed by atoms with Gasteiger partial charge in [0.1, 0.15) is 0 Å². The zero-order chi connectivity index (χ0) is 13.5. The zero-order valence-electron chi connectivity index (χ0n) is 11.8. The standard InChI is InChI=1S/C18H19NO/c1-20-12-19-10-9-13-6-4-8-16-15-7-3-2-5-14(15)11-17(19)18(13)16/h2-8,17H,9-12H2,1H3. The highest BCUT2D eigenvalue weighted by atomic mass is 16.5. The minimum atomic E-state index is 0.477. The molecule has 1 aliphatic heterocycles. The molecule has 102 valence electrons. The maximum atomic E-state index is 5.41. The van der Waals surface area contributed by atoms with Crippen molar-refractivity contribution in [3.8, 4) is 11.1 Å². The summed E-state index contributed by atoms with van der Waals surface area (Å²) in [6.07, 6.45) is 2.23. The molecule has 2 nitrogen and oxygen atoms in total. The molecule has 1 aliphatic carbocycles. The largest absolute Gasteiger partial charge is 0.369 e. The van der Waals surface area contributed by atoms with E-state index in [1.54, 1.807) is 7.11 Å². The molecule has 0 fully saturated rings. The number of methoxy groups -OCH3 is 1. The van der Waals surface area contributed by atoms with Crippen molar-refractivity contribution in [3.05, 3.63) is 59.2 Å². The first-order valence-corrected chi connectivity index (χ1v) is 7.31. The van der Waals surface area contributed by atoms with Crippen LogP contribution < -0.4 is 0 Å². The van der Waals surface area contributed by atoms with E-state index in [1.165, 1.54) is 27.8 Å². The summed E-state index contributed by atoms with van der Waals surface area (Å²) in [6.45, 7) is 1.82. The Morgan fingerprint density at radius 1 is 1.05 bits per heavy atom. The summed E-state index contributed by atoms with van der Waals surface area (Å²) in [5.74, 6) is 0. The second kappa shape index (κ2) is 4.72. The van der Waals surface area contributed by atoms with Gasteiger partial charge in [0.25, 0.3) is 0 Å². The van der Waals surface area contributed by atoms with Gasteiger partial charge < -0.3 is 4.74 Å². The molecule has 1 heterocycles. The Morgan fingerprint density at radius 3 is 2.75 bits per heavy atom. The van der Waals surface area contributed by atoms with Crippen LogP contribution in [-0.2, 0) is 17.6 Å². The van der Waals surface area contributed by atoms with E-state index < -0.39 is 0 Å². The van der Waals surface area contributed by atoms with Gasteiger partial charge in [-0.2, -0.15) is 0 Å². The predicted octanol–water partition coefficient (Wildman–Crippen LogP) is 3.41. The molecule has 1 unspecified atom stereocenters. The SMILES string of the molecule is COCN1CCc2cccc3c2C1Cc1ccccc1-3. The van der Waals surface area contributed by atoms with Crippen LogP contribution in [0, 0.1) is 0 Å². The van der Waals surface area contributed by atoms with Crippen LogP contribution in [0.2, 0.25) is 0 Å². The normalized spacial score (nSPS) is 20.4. The Bertz CT molecular complexity index is 650. The van der Waals surface area contributed by atoms with Gasteiger partial charge in [-0.25, -0.2) is 0 Å². The fourth-order valence-corrected chi connectivity index (χ4v) is 3.78. The van der Waals surface area contributed by atoms with Crippen LogP contribution in [0.15, 0.2) is 42.5 Å². The molecule has 0 amide bonds. The number of nitrogens with zero attached hydrogens (tertiary/aromatic N) is 1. The van der Waals surface area contributed by atoms with Crippen molar-refractivity contribution in [3.63, 3.8) is 0 Å². The molecule has 20 heavy (non-hydrogen) atoms. The van der Waals surface area contributed by atoms with Crippen molar-refractivity contribution in [2.24, 2.45) is 0 Å². The second-order valence-electron chi connectivity index (χ2n) is 5.74. The van der Waals surface area contributed by atoms with Gasteiger partial charge in [-0.15, -0.1) is 0 Å². The molecule has 0 N–H and O–H groups in total. The van der Waals surface area contributed by atoms with Crippen LogP contribution in [0.1, 0.15) is 22.7 Å². The molecule has 4 rings (SSSR count). The van der Waals surface area contributed by atoms with Gasteiger partial charge in [0, 0.05) is 19.7 Å². The average molecular weight is 265 g/mol. The van der Waals surface area contributed by atoms with Crippen molar-refractivity contribution in [1.82, 2.24) is 4.90 Å². The Labute approximate surface area is 120 Å². The summed E-state index contributed by atoms with van der Waals surface area (Å²) < 4.78 is 5.41. The second-order valence-corrected chi connectivity index (χ2v) is 5.74. The average Bonchev–Trinajstić information content (AvgIpc) is 2.50. The molecule has 2 aromatic rings. The Balaban J connectivity index is 1.91. The van der Waals surface area contributed by atoms with E-state index >= 15 is 0 Å². The first kappa shape index (κ1) is 12.1. The van der Waals surface area contributed by atoms with Crippen LogP contribution in [0.5, 0.6) is 0 Å². The number of benzene rings is 2. The van der Waals surface area contributed by atoms with Crippen molar-refractivity contribution in [2.45, 2.75) is 18.9 Å². The lowest BCUT2D eigenvalue weighted by molar-refractivity contribution is 0.0272. The molecule has 0 bridgehead atoms. The number of fused-ring (bicyclic) bond motifs is 2. The third-order valence-corrected chi connectivity index (χ3v) is 4.65. The van der Waals surface area contributed by atoms with Gasteiger partial charge in [0.15, 0.2) is 0 Å². The summed E-state index contributed by atoms with van der Waals surface area (Å²) in [4.78, 5) is 2.47. The molecule has 0 radical (unpaired) electrons. The van der Waals surface area contributed by atoms with Crippen LogP contribution in [0.25, 0.3) is 11.1 Å². The Kier molecular flexibility index (Phi) is 2.86. The van der Waals surface area contributed by atoms with Crippen LogP contribution >= 0.6 is 0 Å². The minimum absolute atomic E-state index is 0.477. The fourth-order valence-electron chi connectivity index (χ4n) is 3.78. The topological polar surface area (TPSA) is 12.5 Å². The lowest BCUT2D eigenvalue weighted by Crippen LogP contribution is -2.39. The van der Waals surface area contributed by atoms with E-state index in [9.17, 15) is 0 Å². The number of ether oxygens (including phenoxy) is 1. The lowest BCUT2D eigenvalue weighted by atomic mass is 9.77. The third kappa shape index (κ3) is 1.72. The van der Waals surface area contributed by atoms with Crippen LogP contribution in [-0.4, -0.2) is 25.3 Å². The molecule has 2 aliphatic rings. The van der Waals surface area contributed by atoms with Gasteiger partial charge in [-0.05, 0) is 40.7 Å². The highest BCUT2D eigenvalue weighted by Gasteiger charge is 2.33. The van der Waals surface area contributed by atoms with Gasteiger partial charge in [0.2, 0.25) is 0 Å². The summed E-state index contributed by atoms with van der Waals surface area (Å²) in [5.41, 5.74) is 7.36. The summed E-state index contributed by atoms with van der Waals surface area (Å²) in [6, 6.07) is 16.1. The van der Waals surface area contributed by atoms with Gasteiger partial charge in [-0.3, -0.25) is 4.90 Å². The van der Waals surface area contributed by atoms with Gasteiger partial charge in [-0.1, -0.05) is 42.5 Å². The highest BCUT2D eigenvalue weighted by Crippen LogP contribution is 2.44. The predicted molar refractivity (Wildman–Crippen MR) is 80.6 cm³/mol. The van der Waals surface area contributed by atoms with E-state index in [-0.39, 0.29) is 0 Å². The van der Waals surface area contributed by atoms with Gasteiger partial charge in [0.05, 0.1) is 6.73 Å². The molecule has 0 saturated carbocycles. The van der Waals surface area contributed by atoms with E-state index in [4.69, 9.17) is 4.74 Å². The third-order valence-electron chi connectivity index (χ3n) is 4.65. The molecular formula is C18H19NO. The molecule has 0 spiro atoms. The maximum absolute atomic E-state index is 5.41. The molecule has 2 heteroatoms. The van der Waals surface area contributed by atoms with Crippen molar-refractivity contribution in [2.75, 3.05) is 20.4 Å². The van der Waals surface area contributed by atoms with E-state index in [0.29, 0.717) is 6.04 Å². The van der Waals surface area contributed by atoms with Crippen molar-refractivity contribution < 1.29 is 4.74 Å². The quantitative estimate of drug-likeness (QED) is 0.825. The Morgan fingerprint density at radius 2 is 1.85 bits per heavy atom. The summed E-state index contributed by atoms with van der Waals surface area (Å²) in [7, 11) is 1.79. The minimum Gasteiger partial charge on any atom is -0.369 e. The lowest BCUT2D eigenvalue weighted by Gasteiger charge is -2.41. The number of hydrogen-bond acceptors (Lipinski definition) is 2. The number of rotatable bonds is 2. The number of hydrogen-bond donors (Lipinski definition) is 0. The summed E-state index contributed by atoms with van der Waals surface area (Å²) in [5, 5.41) is 0. The van der Waals surface area contributed by atoms with E-state index in [2.05, 4.69) is 47.4 Å². The first-order valence-electron chi connectivity index (χ1n) is 7.31.